The molecule has 1 rings (SSSR count). The van der Waals surface area contributed by atoms with Crippen LogP contribution in [-0.4, -0.2) is 79.8 Å². The summed E-state index contributed by atoms with van der Waals surface area (Å²) in [6.45, 7) is 2.11. The Bertz CT molecular complexity index is 1250. The Morgan fingerprint density at radius 2 is 1.63 bits per heavy atom. The molecule has 1 aromatic rings. The summed E-state index contributed by atoms with van der Waals surface area (Å²) in [4.78, 5) is 75.6. The minimum absolute atomic E-state index is 0.132. The number of hydrogen-bond donors (Lipinski definition) is 5. The normalized spacial score (nSPS) is 13.0. The van der Waals surface area contributed by atoms with E-state index in [1.165, 1.54) is 13.8 Å². The smallest absolute Gasteiger partial charge is 0.434 e. The molecule has 0 fully saturated rings. The van der Waals surface area contributed by atoms with E-state index in [9.17, 15) is 50.7 Å². The van der Waals surface area contributed by atoms with Crippen LogP contribution < -0.4 is 16.4 Å². The monoisotopic (exact) mass is 660 g/mol. The number of carbonyl (C=O) groups excluding carboxylic acids is 4. The van der Waals surface area contributed by atoms with Crippen molar-refractivity contribution in [1.29, 1.82) is 0 Å². The lowest BCUT2D eigenvalue weighted by Crippen LogP contribution is -2.49. The van der Waals surface area contributed by atoms with E-state index in [-0.39, 0.29) is 18.2 Å². The first-order valence-corrected chi connectivity index (χ1v) is 14.5. The molecule has 43 heavy (non-hydrogen) atoms. The number of aromatic nitrogens is 1. The minimum atomic E-state index is -5.33. The second-order valence-corrected chi connectivity index (χ2v) is 11.0. The standard InChI is InChI=1S/C24H29F5N4O8S2/c1-9(2)6-10-15(17(19(25)26)33-18(24(27,28)29)16(10)22(40)42-3)23(41)43-8-12(20(37)31-7-14(35)36)32-13(34)5-4-11(30)21(38)39/h9,11-12,19H,4-8,30H2,1-3H3,(H,31,37)(H,32,34)(H,35,36)(H,38,39)/t11-,12-/m0/s1. The Balaban J connectivity index is 3.58. The lowest BCUT2D eigenvalue weighted by Gasteiger charge is -2.22. The zero-order chi connectivity index (χ0) is 33.2. The summed E-state index contributed by atoms with van der Waals surface area (Å²) < 4.78 is 69.7. The van der Waals surface area contributed by atoms with E-state index >= 15 is 0 Å². The van der Waals surface area contributed by atoms with Gasteiger partial charge < -0.3 is 26.6 Å². The number of nitrogens with two attached hydrogens (primary N) is 1. The first kappa shape index (κ1) is 37.7. The van der Waals surface area contributed by atoms with Gasteiger partial charge >= 0.3 is 18.1 Å². The van der Waals surface area contributed by atoms with E-state index in [0.717, 1.165) is 6.26 Å². The van der Waals surface area contributed by atoms with E-state index in [1.54, 1.807) is 0 Å². The van der Waals surface area contributed by atoms with Crippen molar-refractivity contribution in [2.24, 2.45) is 11.7 Å². The Kier molecular flexibility index (Phi) is 14.5. The summed E-state index contributed by atoms with van der Waals surface area (Å²) in [5.41, 5.74) is -0.696. The van der Waals surface area contributed by atoms with Crippen LogP contribution >= 0.6 is 23.5 Å². The molecule has 0 aromatic carbocycles. The summed E-state index contributed by atoms with van der Waals surface area (Å²) in [5, 5.41) is 19.3. The molecule has 0 aliphatic carbocycles. The number of thioether (sulfide) groups is 2. The number of pyridine rings is 1. The fraction of sp³-hybridized carbons (Fsp3) is 0.542. The largest absolute Gasteiger partial charge is 0.480 e. The number of rotatable bonds is 15. The number of carboxylic acids is 2. The van der Waals surface area contributed by atoms with Crippen molar-refractivity contribution in [2.45, 2.75) is 57.8 Å². The molecule has 12 nitrogen and oxygen atoms in total. The second kappa shape index (κ2) is 16.5. The molecule has 0 spiro atoms. The van der Waals surface area contributed by atoms with Crippen LogP contribution in [0.2, 0.25) is 0 Å². The number of halogens is 5. The van der Waals surface area contributed by atoms with Crippen molar-refractivity contribution in [3.05, 3.63) is 28.1 Å². The molecular weight excluding hydrogens is 631 g/mol. The van der Waals surface area contributed by atoms with Gasteiger partial charge in [0.05, 0.1) is 11.1 Å². The van der Waals surface area contributed by atoms with Crippen molar-refractivity contribution < 1.29 is 60.9 Å². The third-order valence-corrected chi connectivity index (χ3v) is 7.00. The van der Waals surface area contributed by atoms with Crippen LogP contribution in [0.1, 0.15) is 70.8 Å². The molecule has 19 heteroatoms. The number of alkyl halides is 5. The van der Waals surface area contributed by atoms with Crippen molar-refractivity contribution in [2.75, 3.05) is 18.6 Å². The first-order valence-electron chi connectivity index (χ1n) is 12.3. The number of carbonyl (C=O) groups is 6. The highest BCUT2D eigenvalue weighted by molar-refractivity contribution is 8.14. The topological polar surface area (TPSA) is 206 Å². The molecule has 240 valence electrons. The fourth-order valence-corrected chi connectivity index (χ4v) is 4.91. The zero-order valence-electron chi connectivity index (χ0n) is 22.9. The number of nitrogens with one attached hydrogen (secondary N) is 2. The van der Waals surface area contributed by atoms with Crippen molar-refractivity contribution in [3.63, 3.8) is 0 Å². The summed E-state index contributed by atoms with van der Waals surface area (Å²) in [7, 11) is 0. The number of hydrogen-bond acceptors (Lipinski definition) is 10. The van der Waals surface area contributed by atoms with Gasteiger partial charge in [-0.25, -0.2) is 13.8 Å². The van der Waals surface area contributed by atoms with E-state index in [2.05, 4.69) is 10.3 Å². The van der Waals surface area contributed by atoms with Crippen molar-refractivity contribution >= 4 is 57.5 Å². The molecule has 0 saturated carbocycles. The van der Waals surface area contributed by atoms with Gasteiger partial charge in [-0.05, 0) is 30.6 Å². The van der Waals surface area contributed by atoms with Gasteiger partial charge in [0.25, 0.3) is 6.43 Å². The Hall–Kier alpha value is -3.32. The van der Waals surface area contributed by atoms with Gasteiger partial charge in [-0.2, -0.15) is 13.2 Å². The van der Waals surface area contributed by atoms with E-state index < -0.39 is 118 Å². The highest BCUT2D eigenvalue weighted by Gasteiger charge is 2.42. The van der Waals surface area contributed by atoms with Crippen LogP contribution in [0.15, 0.2) is 0 Å². The van der Waals surface area contributed by atoms with Gasteiger partial charge in [-0.1, -0.05) is 37.4 Å². The van der Waals surface area contributed by atoms with Crippen LogP contribution in [0, 0.1) is 5.92 Å². The zero-order valence-corrected chi connectivity index (χ0v) is 24.6. The van der Waals surface area contributed by atoms with Gasteiger partial charge in [0, 0.05) is 12.2 Å². The fourth-order valence-electron chi connectivity index (χ4n) is 3.56. The van der Waals surface area contributed by atoms with Crippen molar-refractivity contribution in [1.82, 2.24) is 15.6 Å². The summed E-state index contributed by atoms with van der Waals surface area (Å²) in [6.07, 6.45) is -9.13. The minimum Gasteiger partial charge on any atom is -0.480 e. The average molecular weight is 661 g/mol. The van der Waals surface area contributed by atoms with E-state index in [0.29, 0.717) is 11.8 Å². The summed E-state index contributed by atoms with van der Waals surface area (Å²) >= 11 is 0.483. The average Bonchev–Trinajstić information content (AvgIpc) is 2.90. The molecule has 1 heterocycles. The van der Waals surface area contributed by atoms with Crippen molar-refractivity contribution in [3.8, 4) is 0 Å². The molecule has 0 aliphatic rings. The maximum Gasteiger partial charge on any atom is 0.434 e. The Labute approximate surface area is 250 Å². The number of aliphatic carboxylic acids is 2. The third-order valence-electron chi connectivity index (χ3n) is 5.46. The molecule has 0 bridgehead atoms. The van der Waals surface area contributed by atoms with Crippen LogP contribution in [0.3, 0.4) is 0 Å². The highest BCUT2D eigenvalue weighted by Crippen LogP contribution is 2.39. The van der Waals surface area contributed by atoms with Crippen LogP contribution in [0.25, 0.3) is 0 Å². The third kappa shape index (κ3) is 11.4. The van der Waals surface area contributed by atoms with Gasteiger partial charge in [0.15, 0.2) is 5.69 Å². The second-order valence-electron chi connectivity index (χ2n) is 9.28. The molecule has 0 unspecified atom stereocenters. The quantitative estimate of drug-likeness (QED) is 0.172. The molecule has 2 atom stereocenters. The van der Waals surface area contributed by atoms with Crippen LogP contribution in [0.4, 0.5) is 22.0 Å². The predicted molar refractivity (Wildman–Crippen MR) is 145 cm³/mol. The molecule has 0 saturated heterocycles. The van der Waals surface area contributed by atoms with Gasteiger partial charge in [-0.15, -0.1) is 0 Å². The molecule has 6 N–H and O–H groups in total. The molecule has 2 amide bonds. The number of amides is 2. The Morgan fingerprint density at radius 3 is 2.09 bits per heavy atom. The molecule has 0 radical (unpaired) electrons. The summed E-state index contributed by atoms with van der Waals surface area (Å²) in [6, 6.07) is -3.11. The predicted octanol–water partition coefficient (Wildman–Crippen LogP) is 2.49. The van der Waals surface area contributed by atoms with Gasteiger partial charge in [-0.3, -0.25) is 28.8 Å². The first-order chi connectivity index (χ1) is 19.8. The highest BCUT2D eigenvalue weighted by atomic mass is 32.2. The molecular formula is C24H29F5N4O8S2. The van der Waals surface area contributed by atoms with Crippen LogP contribution in [-0.2, 0) is 31.8 Å². The Morgan fingerprint density at radius 1 is 1.02 bits per heavy atom. The van der Waals surface area contributed by atoms with E-state index in [1.807, 2.05) is 5.32 Å². The lowest BCUT2D eigenvalue weighted by atomic mass is 9.92. The maximum atomic E-state index is 14.1. The van der Waals surface area contributed by atoms with Gasteiger partial charge in [0.1, 0.15) is 24.3 Å². The molecule has 1 aromatic heterocycles. The van der Waals surface area contributed by atoms with E-state index in [4.69, 9.17) is 15.9 Å². The molecule has 0 aliphatic heterocycles. The SMILES string of the molecule is CSC(=O)c1c(C(F)(F)F)nc(C(F)F)c(C(=O)SC[C@H](NC(=O)CC[C@H](N)C(=O)O)C(=O)NCC(=O)O)c1CC(C)C. The maximum absolute atomic E-state index is 14.1. The lowest BCUT2D eigenvalue weighted by molar-refractivity contribution is -0.142. The summed E-state index contributed by atoms with van der Waals surface area (Å²) in [5.74, 6) is -6.20. The number of nitrogens with zero attached hydrogens (tertiary/aromatic N) is 1. The van der Waals surface area contributed by atoms with Gasteiger partial charge in [0.2, 0.25) is 22.0 Å². The number of carboxylic acid groups (broad SMARTS) is 2. The van der Waals surface area contributed by atoms with Crippen LogP contribution in [0.5, 0.6) is 0 Å².